The Hall–Kier alpha value is -3.88. The van der Waals surface area contributed by atoms with Gasteiger partial charge in [-0.1, -0.05) is 0 Å². The molecule has 1 aliphatic rings. The lowest BCUT2D eigenvalue weighted by Gasteiger charge is -2.23. The van der Waals surface area contributed by atoms with E-state index in [0.717, 1.165) is 5.56 Å². The molecule has 30 heavy (non-hydrogen) atoms. The van der Waals surface area contributed by atoms with Crippen LogP contribution in [-0.4, -0.2) is 35.8 Å². The van der Waals surface area contributed by atoms with Crippen molar-refractivity contribution in [2.45, 2.75) is 12.5 Å². The van der Waals surface area contributed by atoms with Crippen LogP contribution >= 0.6 is 0 Å². The normalized spacial score (nSPS) is 15.2. The average molecular weight is 410 g/mol. The fraction of sp³-hybridized carbons (Fsp3) is 0.190. The molecule has 0 saturated carbocycles. The molecule has 2 amide bonds. The third kappa shape index (κ3) is 3.69. The highest BCUT2D eigenvalue weighted by atomic mass is 19.1. The molecule has 0 fully saturated rings. The number of hydrogen-bond donors (Lipinski definition) is 2. The highest BCUT2D eigenvalue weighted by Gasteiger charge is 2.32. The summed E-state index contributed by atoms with van der Waals surface area (Å²) in [6.45, 7) is 0. The van der Waals surface area contributed by atoms with Gasteiger partial charge in [0.15, 0.2) is 11.5 Å². The summed E-state index contributed by atoms with van der Waals surface area (Å²) in [4.78, 5) is 25.0. The standard InChI is InChI=1S/C21H19FN4O4/c1-29-17-8-3-12(9-18(17)30-2)15-10-19-24-20(27)11-16(26(19)25-15)21(28)23-14-6-4-13(22)5-7-14/h3-10,16H,11H2,1-2H3,(H,23,28)(H,24,27). The van der Waals surface area contributed by atoms with Crippen molar-refractivity contribution in [1.82, 2.24) is 9.78 Å². The summed E-state index contributed by atoms with van der Waals surface area (Å²) >= 11 is 0. The molecule has 0 radical (unpaired) electrons. The Kier molecular flexibility index (Phi) is 5.09. The van der Waals surface area contributed by atoms with Crippen molar-refractivity contribution in [2.24, 2.45) is 0 Å². The van der Waals surface area contributed by atoms with Crippen molar-refractivity contribution in [1.29, 1.82) is 0 Å². The Morgan fingerprint density at radius 2 is 1.87 bits per heavy atom. The Balaban J connectivity index is 1.65. The molecule has 4 rings (SSSR count). The van der Waals surface area contributed by atoms with Crippen molar-refractivity contribution in [2.75, 3.05) is 24.9 Å². The zero-order chi connectivity index (χ0) is 21.3. The number of nitrogens with one attached hydrogen (secondary N) is 2. The monoisotopic (exact) mass is 410 g/mol. The molecule has 0 spiro atoms. The third-order valence-corrected chi connectivity index (χ3v) is 4.77. The predicted octanol–water partition coefficient (Wildman–Crippen LogP) is 3.23. The van der Waals surface area contributed by atoms with Gasteiger partial charge in [0.1, 0.15) is 17.7 Å². The summed E-state index contributed by atoms with van der Waals surface area (Å²) in [6, 6.07) is 11.6. The van der Waals surface area contributed by atoms with Gasteiger partial charge < -0.3 is 20.1 Å². The first-order valence-electron chi connectivity index (χ1n) is 9.16. The maximum Gasteiger partial charge on any atom is 0.249 e. The van der Waals surface area contributed by atoms with Crippen molar-refractivity contribution in [3.63, 3.8) is 0 Å². The third-order valence-electron chi connectivity index (χ3n) is 4.77. The highest BCUT2D eigenvalue weighted by molar-refractivity contribution is 6.01. The van der Waals surface area contributed by atoms with Gasteiger partial charge >= 0.3 is 0 Å². The van der Waals surface area contributed by atoms with Gasteiger partial charge in [-0.15, -0.1) is 0 Å². The van der Waals surface area contributed by atoms with Gasteiger partial charge in [-0.25, -0.2) is 9.07 Å². The van der Waals surface area contributed by atoms with Gasteiger partial charge in [-0.05, 0) is 42.5 Å². The molecular weight excluding hydrogens is 391 g/mol. The summed E-state index contributed by atoms with van der Waals surface area (Å²) in [7, 11) is 3.09. The number of rotatable bonds is 5. The number of fused-ring (bicyclic) bond motifs is 1. The molecule has 2 heterocycles. The SMILES string of the molecule is COc1ccc(-c2cc3n(n2)C(C(=O)Nc2ccc(F)cc2)CC(=O)N3)cc1OC. The largest absolute Gasteiger partial charge is 0.493 e. The second-order valence-corrected chi connectivity index (χ2v) is 6.69. The van der Waals surface area contributed by atoms with E-state index < -0.39 is 17.8 Å². The molecule has 9 heteroatoms. The van der Waals surface area contributed by atoms with E-state index in [2.05, 4.69) is 15.7 Å². The van der Waals surface area contributed by atoms with Gasteiger partial charge in [-0.3, -0.25) is 9.59 Å². The topological polar surface area (TPSA) is 94.5 Å². The van der Waals surface area contributed by atoms with Crippen LogP contribution in [0.15, 0.2) is 48.5 Å². The van der Waals surface area contributed by atoms with E-state index in [1.165, 1.54) is 36.1 Å². The number of anilines is 2. The van der Waals surface area contributed by atoms with Crippen LogP contribution in [0.5, 0.6) is 11.5 Å². The Bertz CT molecular complexity index is 1110. The molecule has 1 unspecified atom stereocenters. The molecular formula is C21H19FN4O4. The van der Waals surface area contributed by atoms with E-state index in [1.54, 1.807) is 25.3 Å². The Morgan fingerprint density at radius 1 is 1.13 bits per heavy atom. The number of ether oxygens (including phenoxy) is 2. The second-order valence-electron chi connectivity index (χ2n) is 6.69. The van der Waals surface area contributed by atoms with Crippen LogP contribution in [0.25, 0.3) is 11.3 Å². The molecule has 154 valence electrons. The van der Waals surface area contributed by atoms with Crippen LogP contribution in [0, 0.1) is 5.82 Å². The van der Waals surface area contributed by atoms with Crippen molar-refractivity contribution in [3.8, 4) is 22.8 Å². The summed E-state index contributed by atoms with van der Waals surface area (Å²) in [5.41, 5.74) is 1.73. The number of methoxy groups -OCH3 is 2. The molecule has 0 aliphatic carbocycles. The minimum atomic E-state index is -0.840. The zero-order valence-electron chi connectivity index (χ0n) is 16.3. The fourth-order valence-corrected chi connectivity index (χ4v) is 3.28. The number of carbonyl (C=O) groups is 2. The maximum atomic E-state index is 13.1. The van der Waals surface area contributed by atoms with Gasteiger partial charge in [0.2, 0.25) is 11.8 Å². The second kappa shape index (κ2) is 7.86. The number of nitrogens with zero attached hydrogens (tertiary/aromatic N) is 2. The number of aromatic nitrogens is 2. The Labute approximate surface area is 171 Å². The average Bonchev–Trinajstić information content (AvgIpc) is 3.18. The molecule has 0 saturated heterocycles. The van der Waals surface area contributed by atoms with E-state index in [1.807, 2.05) is 6.07 Å². The lowest BCUT2D eigenvalue weighted by Crippen LogP contribution is -2.35. The van der Waals surface area contributed by atoms with Gasteiger partial charge in [0.05, 0.1) is 26.3 Å². The zero-order valence-corrected chi connectivity index (χ0v) is 16.3. The van der Waals surface area contributed by atoms with Crippen LogP contribution in [-0.2, 0) is 9.59 Å². The predicted molar refractivity (Wildman–Crippen MR) is 108 cm³/mol. The maximum absolute atomic E-state index is 13.1. The van der Waals surface area contributed by atoms with E-state index in [4.69, 9.17) is 9.47 Å². The van der Waals surface area contributed by atoms with E-state index in [-0.39, 0.29) is 12.3 Å². The number of hydrogen-bond acceptors (Lipinski definition) is 5. The smallest absolute Gasteiger partial charge is 0.249 e. The highest BCUT2D eigenvalue weighted by Crippen LogP contribution is 2.34. The fourth-order valence-electron chi connectivity index (χ4n) is 3.28. The van der Waals surface area contributed by atoms with Crippen LogP contribution in [0.4, 0.5) is 15.9 Å². The summed E-state index contributed by atoms with van der Waals surface area (Å²) in [6.07, 6.45) is -0.0624. The number of benzene rings is 2. The van der Waals surface area contributed by atoms with Crippen LogP contribution in [0.1, 0.15) is 12.5 Å². The van der Waals surface area contributed by atoms with Gasteiger partial charge in [-0.2, -0.15) is 5.10 Å². The first-order valence-corrected chi connectivity index (χ1v) is 9.16. The Morgan fingerprint density at radius 3 is 2.57 bits per heavy atom. The molecule has 1 atom stereocenters. The van der Waals surface area contributed by atoms with Crippen LogP contribution in [0.3, 0.4) is 0 Å². The van der Waals surface area contributed by atoms with Crippen molar-refractivity contribution < 1.29 is 23.5 Å². The van der Waals surface area contributed by atoms with Crippen LogP contribution < -0.4 is 20.1 Å². The van der Waals surface area contributed by atoms with Crippen molar-refractivity contribution in [3.05, 3.63) is 54.3 Å². The summed E-state index contributed by atoms with van der Waals surface area (Å²) in [5.74, 6) is 0.417. The van der Waals surface area contributed by atoms with E-state index in [9.17, 15) is 14.0 Å². The van der Waals surface area contributed by atoms with Crippen molar-refractivity contribution >= 4 is 23.3 Å². The molecule has 8 nitrogen and oxygen atoms in total. The minimum Gasteiger partial charge on any atom is -0.493 e. The van der Waals surface area contributed by atoms with Crippen LogP contribution in [0.2, 0.25) is 0 Å². The van der Waals surface area contributed by atoms with Gasteiger partial charge in [0.25, 0.3) is 0 Å². The molecule has 3 aromatic rings. The molecule has 2 aromatic carbocycles. The van der Waals surface area contributed by atoms with E-state index >= 15 is 0 Å². The minimum absolute atomic E-state index is 0.0624. The number of carbonyl (C=O) groups excluding carboxylic acids is 2. The molecule has 1 aliphatic heterocycles. The number of halogens is 1. The molecule has 0 bridgehead atoms. The number of amides is 2. The molecule has 1 aromatic heterocycles. The summed E-state index contributed by atoms with van der Waals surface area (Å²) < 4.78 is 25.2. The molecule has 2 N–H and O–H groups in total. The van der Waals surface area contributed by atoms with Gasteiger partial charge in [0, 0.05) is 17.3 Å². The lowest BCUT2D eigenvalue weighted by atomic mass is 10.1. The quantitative estimate of drug-likeness (QED) is 0.674. The van der Waals surface area contributed by atoms with E-state index in [0.29, 0.717) is 28.7 Å². The summed E-state index contributed by atoms with van der Waals surface area (Å²) in [5, 5.41) is 9.96. The lowest BCUT2D eigenvalue weighted by molar-refractivity contribution is -0.125. The first-order chi connectivity index (χ1) is 14.5. The first kappa shape index (κ1) is 19.4.